The Balaban J connectivity index is 1.22. The number of nitrogens with one attached hydrogen (secondary N) is 2. The quantitative estimate of drug-likeness (QED) is 0.726. The van der Waals surface area contributed by atoms with Gasteiger partial charge >= 0.3 is 0 Å². The molecule has 0 unspecified atom stereocenters. The van der Waals surface area contributed by atoms with Crippen LogP contribution in [0.4, 0.5) is 0 Å². The maximum absolute atomic E-state index is 5.66. The first-order chi connectivity index (χ1) is 13.3. The third-order valence-electron chi connectivity index (χ3n) is 3.81. The zero-order chi connectivity index (χ0) is 18.3. The largest absolute Gasteiger partial charge is 0.458 e. The van der Waals surface area contributed by atoms with Crippen LogP contribution in [0.1, 0.15) is 0 Å². The SMILES string of the molecule is c1cc(SC2=NCCN2)ccc1OCOc1ccc(SC2=NCCN2)cc1. The summed E-state index contributed by atoms with van der Waals surface area (Å²) in [4.78, 5) is 11.0. The van der Waals surface area contributed by atoms with E-state index in [4.69, 9.17) is 9.47 Å². The third-order valence-corrected chi connectivity index (χ3v) is 5.76. The van der Waals surface area contributed by atoms with Gasteiger partial charge in [0.15, 0.2) is 10.3 Å². The molecule has 4 rings (SSSR count). The summed E-state index contributed by atoms with van der Waals surface area (Å²) < 4.78 is 11.3. The summed E-state index contributed by atoms with van der Waals surface area (Å²) in [6, 6.07) is 15.9. The van der Waals surface area contributed by atoms with Crippen LogP contribution in [0.2, 0.25) is 0 Å². The highest BCUT2D eigenvalue weighted by molar-refractivity contribution is 8.14. The minimum atomic E-state index is 0.168. The molecule has 2 aromatic rings. The number of benzene rings is 2. The molecule has 2 aliphatic heterocycles. The van der Waals surface area contributed by atoms with Crippen molar-refractivity contribution in [1.29, 1.82) is 0 Å². The molecule has 0 amide bonds. The molecule has 0 bridgehead atoms. The van der Waals surface area contributed by atoms with Crippen molar-refractivity contribution >= 4 is 33.9 Å². The minimum Gasteiger partial charge on any atom is -0.458 e. The van der Waals surface area contributed by atoms with E-state index < -0.39 is 0 Å². The maximum Gasteiger partial charge on any atom is 0.230 e. The van der Waals surface area contributed by atoms with Crippen molar-refractivity contribution in [2.24, 2.45) is 9.98 Å². The summed E-state index contributed by atoms with van der Waals surface area (Å²) in [6.07, 6.45) is 0. The van der Waals surface area contributed by atoms with Gasteiger partial charge in [0.05, 0.1) is 13.1 Å². The van der Waals surface area contributed by atoms with Gasteiger partial charge in [-0.05, 0) is 48.5 Å². The monoisotopic (exact) mass is 400 g/mol. The van der Waals surface area contributed by atoms with E-state index in [1.165, 1.54) is 0 Å². The Bertz CT molecular complexity index is 753. The van der Waals surface area contributed by atoms with Crippen molar-refractivity contribution in [2.45, 2.75) is 9.79 Å². The first kappa shape index (κ1) is 18.1. The number of nitrogens with zero attached hydrogens (tertiary/aromatic N) is 2. The Hall–Kier alpha value is -2.32. The average molecular weight is 401 g/mol. The Morgan fingerprint density at radius 2 is 1.15 bits per heavy atom. The summed E-state index contributed by atoms with van der Waals surface area (Å²) in [5.74, 6) is 1.55. The first-order valence-corrected chi connectivity index (χ1v) is 10.4. The average Bonchev–Trinajstić information content (AvgIpc) is 3.39. The normalized spacial score (nSPS) is 15.6. The molecule has 0 spiro atoms. The molecule has 0 aliphatic carbocycles. The van der Waals surface area contributed by atoms with Crippen LogP contribution in [0.15, 0.2) is 68.3 Å². The topological polar surface area (TPSA) is 67.2 Å². The number of thioether (sulfide) groups is 2. The number of rotatable bonds is 6. The molecule has 140 valence electrons. The lowest BCUT2D eigenvalue weighted by atomic mass is 10.3. The Kier molecular flexibility index (Phi) is 6.06. The molecule has 2 N–H and O–H groups in total. The van der Waals surface area contributed by atoms with Crippen molar-refractivity contribution in [3.05, 3.63) is 48.5 Å². The van der Waals surface area contributed by atoms with E-state index >= 15 is 0 Å². The zero-order valence-electron chi connectivity index (χ0n) is 14.7. The molecule has 0 radical (unpaired) electrons. The van der Waals surface area contributed by atoms with E-state index in [0.29, 0.717) is 0 Å². The predicted molar refractivity (Wildman–Crippen MR) is 111 cm³/mol. The lowest BCUT2D eigenvalue weighted by Crippen LogP contribution is -2.14. The molecule has 2 aliphatic rings. The fraction of sp³-hybridized carbons (Fsp3) is 0.263. The van der Waals surface area contributed by atoms with Gasteiger partial charge in [0, 0.05) is 22.9 Å². The number of amidine groups is 2. The lowest BCUT2D eigenvalue weighted by molar-refractivity contribution is 0.120. The summed E-state index contributed by atoms with van der Waals surface area (Å²) >= 11 is 3.26. The summed E-state index contributed by atoms with van der Waals surface area (Å²) in [5.41, 5.74) is 0. The van der Waals surface area contributed by atoms with Gasteiger partial charge in [-0.15, -0.1) is 0 Å². The Morgan fingerprint density at radius 3 is 1.52 bits per heavy atom. The Labute approximate surface area is 166 Å². The second-order valence-corrected chi connectivity index (χ2v) is 7.91. The number of hydrogen-bond acceptors (Lipinski definition) is 8. The fourth-order valence-corrected chi connectivity index (χ4v) is 4.14. The number of ether oxygens (including phenoxy) is 2. The molecule has 0 atom stereocenters. The van der Waals surface area contributed by atoms with Crippen LogP contribution in [-0.4, -0.2) is 43.3 Å². The molecule has 2 heterocycles. The van der Waals surface area contributed by atoms with Crippen LogP contribution < -0.4 is 20.1 Å². The van der Waals surface area contributed by atoms with Crippen LogP contribution in [0, 0.1) is 0 Å². The van der Waals surface area contributed by atoms with Gasteiger partial charge in [-0.3, -0.25) is 9.98 Å². The first-order valence-electron chi connectivity index (χ1n) is 8.73. The van der Waals surface area contributed by atoms with Crippen molar-refractivity contribution in [1.82, 2.24) is 10.6 Å². The number of hydrogen-bond donors (Lipinski definition) is 2. The fourth-order valence-electron chi connectivity index (χ4n) is 2.49. The van der Waals surface area contributed by atoms with Crippen molar-refractivity contribution < 1.29 is 9.47 Å². The van der Waals surface area contributed by atoms with Crippen LogP contribution in [0.3, 0.4) is 0 Å². The van der Waals surface area contributed by atoms with Gasteiger partial charge in [0.25, 0.3) is 0 Å². The highest BCUT2D eigenvalue weighted by Gasteiger charge is 2.08. The van der Waals surface area contributed by atoms with Crippen LogP contribution in [-0.2, 0) is 0 Å². The second-order valence-electron chi connectivity index (χ2n) is 5.78. The van der Waals surface area contributed by atoms with E-state index in [9.17, 15) is 0 Å². The van der Waals surface area contributed by atoms with Gasteiger partial charge < -0.3 is 20.1 Å². The van der Waals surface area contributed by atoms with Gasteiger partial charge in [0.2, 0.25) is 6.79 Å². The standard InChI is InChI=1S/C19H20N4O2S2/c1-5-16(26-18-20-9-10-21-18)6-2-14(1)24-13-25-15-3-7-17(8-4-15)27-19-22-11-12-23-19/h1-8H,9-13H2,(H,20,21)(H,22,23). The van der Waals surface area contributed by atoms with Crippen molar-refractivity contribution in [2.75, 3.05) is 33.0 Å². The van der Waals surface area contributed by atoms with E-state index in [1.54, 1.807) is 23.5 Å². The highest BCUT2D eigenvalue weighted by atomic mass is 32.2. The summed E-state index contributed by atoms with van der Waals surface area (Å²) in [7, 11) is 0. The molecule has 6 nitrogen and oxygen atoms in total. The van der Waals surface area contributed by atoms with Crippen LogP contribution >= 0.6 is 23.5 Å². The molecule has 2 aromatic carbocycles. The molecule has 8 heteroatoms. The van der Waals surface area contributed by atoms with E-state index in [0.717, 1.165) is 57.8 Å². The molecule has 0 saturated heterocycles. The second kappa shape index (κ2) is 9.05. The van der Waals surface area contributed by atoms with Gasteiger partial charge in [-0.25, -0.2) is 0 Å². The highest BCUT2D eigenvalue weighted by Crippen LogP contribution is 2.24. The van der Waals surface area contributed by atoms with Crippen molar-refractivity contribution in [3.8, 4) is 11.5 Å². The van der Waals surface area contributed by atoms with E-state index in [1.807, 2.05) is 48.5 Å². The Morgan fingerprint density at radius 1 is 0.704 bits per heavy atom. The van der Waals surface area contributed by atoms with Gasteiger partial charge in [-0.2, -0.15) is 0 Å². The molecular weight excluding hydrogens is 380 g/mol. The summed E-state index contributed by atoms with van der Waals surface area (Å²) in [5, 5.41) is 8.45. The van der Waals surface area contributed by atoms with E-state index in [-0.39, 0.29) is 6.79 Å². The molecule has 0 fully saturated rings. The van der Waals surface area contributed by atoms with Gasteiger partial charge in [-0.1, -0.05) is 23.5 Å². The van der Waals surface area contributed by atoms with Crippen LogP contribution in [0.25, 0.3) is 0 Å². The van der Waals surface area contributed by atoms with Gasteiger partial charge in [0.1, 0.15) is 11.5 Å². The number of aliphatic imine (C=N–C) groups is 2. The summed E-state index contributed by atoms with van der Waals surface area (Å²) in [6.45, 7) is 3.72. The zero-order valence-corrected chi connectivity index (χ0v) is 16.3. The molecular formula is C19H20N4O2S2. The van der Waals surface area contributed by atoms with Crippen LogP contribution in [0.5, 0.6) is 11.5 Å². The van der Waals surface area contributed by atoms with E-state index in [2.05, 4.69) is 20.6 Å². The minimum absolute atomic E-state index is 0.168. The molecule has 0 saturated carbocycles. The lowest BCUT2D eigenvalue weighted by Gasteiger charge is -2.10. The predicted octanol–water partition coefficient (Wildman–Crippen LogP) is 3.20. The molecule has 27 heavy (non-hydrogen) atoms. The molecule has 0 aromatic heterocycles. The maximum atomic E-state index is 5.66. The van der Waals surface area contributed by atoms with Crippen molar-refractivity contribution in [3.63, 3.8) is 0 Å². The third kappa shape index (κ3) is 5.33. The smallest absolute Gasteiger partial charge is 0.230 e.